The molecular weight excluding hydrogens is 951 g/mol. The van der Waals surface area contributed by atoms with Crippen molar-refractivity contribution in [1.82, 2.24) is 24.6 Å². The Morgan fingerprint density at radius 2 is 1.07 bits per heavy atom. The summed E-state index contributed by atoms with van der Waals surface area (Å²) in [6.07, 6.45) is 25.9. The van der Waals surface area contributed by atoms with Crippen molar-refractivity contribution < 1.29 is 24.6 Å². The number of halogens is 1. The van der Waals surface area contributed by atoms with Crippen LogP contribution in [0.15, 0.2) is 29.3 Å². The molecule has 10 nitrogen and oxygen atoms in total. The standard InChI is InChI=1S/C24H36N2O2.C22H37NO3.C4H5BrN2.CH4.B10/c1-23(28)10-8-17-15(12-23)4-5-19-18(17)9-11-24(2)20(19)6-7-21(24)22(27)16-13-25-26(3)14-16;1-21(25)11-9-15-14(13-21)5-6-17-16(15)10-12-22(2)18(17)7-8-19(22)20(24)23(3)26-4;1-7-3-4(5)2-6-7;;1-7(2)10(8(3)4)9(5)6/h13-15,17-21,28H,4-12H2,1-3H3;14-19,25H,5-13H2,1-4H3;2-3H,1H3;1H4;/t15-,17-,18+,19+,20-,21+,23+,24-;14-,15-,16+,17+,18-,19+,21+,22-;;;/m00.../s1. The maximum atomic E-state index is 13.3. The van der Waals surface area contributed by atoms with Gasteiger partial charge in [-0.05, 0) is 215 Å². The molecule has 0 bridgehead atoms. The van der Waals surface area contributed by atoms with E-state index in [1.807, 2.05) is 40.3 Å². The molecule has 0 unspecified atom stereocenters. The Kier molecular flexibility index (Phi) is 20.0. The van der Waals surface area contributed by atoms with Gasteiger partial charge in [-0.2, -0.15) is 10.2 Å². The first-order valence-corrected chi connectivity index (χ1v) is 28.1. The highest BCUT2D eigenvalue weighted by atomic mass is 79.9. The maximum absolute atomic E-state index is 13.3. The van der Waals surface area contributed by atoms with E-state index in [-0.39, 0.29) is 36.0 Å². The summed E-state index contributed by atoms with van der Waals surface area (Å²) in [4.78, 5) is 31.4. The number of aryl methyl sites for hydroxylation is 2. The first-order valence-electron chi connectivity index (χ1n) is 27.3. The van der Waals surface area contributed by atoms with Crippen molar-refractivity contribution >= 4 is 99.6 Å². The first kappa shape index (κ1) is 59.8. The van der Waals surface area contributed by atoms with Crippen molar-refractivity contribution in [2.45, 2.75) is 162 Å². The lowest BCUT2D eigenvalue weighted by atomic mass is 8.58. The van der Waals surface area contributed by atoms with E-state index in [0.29, 0.717) is 17.6 Å². The smallest absolute Gasteiger partial charge is 0.249 e. The van der Waals surface area contributed by atoms with Gasteiger partial charge in [-0.25, -0.2) is 5.06 Å². The molecule has 72 heavy (non-hydrogen) atoms. The summed E-state index contributed by atoms with van der Waals surface area (Å²) in [5, 5.41) is 30.6. The monoisotopic (exact) mass is 1030 g/mol. The van der Waals surface area contributed by atoms with E-state index >= 15 is 0 Å². The lowest BCUT2D eigenvalue weighted by Crippen LogP contribution is -2.62. The fraction of sp³-hybridized carbons (Fsp3) is 0.843. The van der Waals surface area contributed by atoms with Gasteiger partial charge in [-0.15, -0.1) is 0 Å². The SMILES string of the molecule is C.CON(C)C(=O)[C@H]1CC[C@H]2[C@@H]3CC[C@H]4C[C@](C)(O)CC[C@@H]4[C@H]3CC[C@]12C.Cn1cc(Br)cn1.Cn1cc(C(=O)[C@H]2CC[C@H]3[C@@H]4CC[C@H]5C[C@](C)(O)CC[C@@H]5[C@H]4CC[C@]23C)cn1.[B]B([B])B(B([B])[B])B([B])[B]. The van der Waals surface area contributed by atoms with E-state index in [4.69, 9.17) is 51.3 Å². The number of hydrogen-bond acceptors (Lipinski definition) is 7. The molecule has 0 spiro atoms. The normalized spacial score (nSPS) is 38.9. The quantitative estimate of drug-likeness (QED) is 0.181. The van der Waals surface area contributed by atoms with Gasteiger partial charge in [0.2, 0.25) is 5.91 Å². The van der Waals surface area contributed by atoms with Crippen LogP contribution in [0, 0.1) is 81.8 Å². The summed E-state index contributed by atoms with van der Waals surface area (Å²) in [5.74, 6) is 8.56. The molecule has 8 aliphatic rings. The molecule has 8 fully saturated rings. The molecule has 0 aliphatic heterocycles. The number of ketones is 1. The van der Waals surface area contributed by atoms with Crippen LogP contribution in [-0.2, 0) is 23.7 Å². The van der Waals surface area contributed by atoms with Gasteiger partial charge in [0.25, 0.3) is 0 Å². The zero-order valence-corrected chi connectivity index (χ0v) is 46.1. The zero-order valence-electron chi connectivity index (χ0n) is 44.5. The Morgan fingerprint density at radius 1 is 0.639 bits per heavy atom. The Morgan fingerprint density at radius 3 is 1.44 bits per heavy atom. The highest BCUT2D eigenvalue weighted by Gasteiger charge is 2.61. The average Bonchev–Trinajstić information content (AvgIpc) is 4.09. The summed E-state index contributed by atoms with van der Waals surface area (Å²) < 4.78 is 4.51. The Balaban J connectivity index is 0.000000177. The number of Topliss-reactive ketones (excluding diaryl/α,β-unsaturated/α-hetero) is 1. The van der Waals surface area contributed by atoms with Crippen molar-refractivity contribution in [3.05, 3.63) is 34.8 Å². The van der Waals surface area contributed by atoms with Gasteiger partial charge in [0, 0.05) is 117 Å². The van der Waals surface area contributed by atoms with Gasteiger partial charge in [0.05, 0.1) is 40.7 Å². The fourth-order valence-electron chi connectivity index (χ4n) is 17.2. The predicted octanol–water partition coefficient (Wildman–Crippen LogP) is 6.66. The average molecular weight is 1030 g/mol. The van der Waals surface area contributed by atoms with Gasteiger partial charge in [0.1, 0.15) is 0 Å². The van der Waals surface area contributed by atoms with Gasteiger partial charge in [-0.3, -0.25) is 23.8 Å². The number of amides is 1. The topological polar surface area (TPSA) is 123 Å². The molecule has 2 aromatic heterocycles. The van der Waals surface area contributed by atoms with Crippen LogP contribution in [0.3, 0.4) is 0 Å². The summed E-state index contributed by atoms with van der Waals surface area (Å²) in [5.41, 5.74) is 0.243. The lowest BCUT2D eigenvalue weighted by Gasteiger charge is -2.56. The van der Waals surface area contributed by atoms with Gasteiger partial charge in [-0.1, -0.05) is 21.3 Å². The minimum Gasteiger partial charge on any atom is -0.390 e. The largest absolute Gasteiger partial charge is 0.390 e. The summed E-state index contributed by atoms with van der Waals surface area (Å²) in [6, 6.07) is 0. The lowest BCUT2D eigenvalue weighted by molar-refractivity contribution is -0.180. The molecule has 0 aromatic carbocycles. The predicted molar refractivity (Wildman–Crippen MR) is 305 cm³/mol. The van der Waals surface area contributed by atoms with Crippen LogP contribution in [0.25, 0.3) is 0 Å². The maximum Gasteiger partial charge on any atom is 0.249 e. The van der Waals surface area contributed by atoms with E-state index in [2.05, 4.69) is 40.0 Å². The number of aromatic nitrogens is 4. The number of hydrogen-bond donors (Lipinski definition) is 2. The summed E-state index contributed by atoms with van der Waals surface area (Å²) in [7, 11) is 38.9. The molecule has 1 amide bonds. The van der Waals surface area contributed by atoms with Crippen molar-refractivity contribution in [3.8, 4) is 0 Å². The molecule has 12 radical (unpaired) electrons. The number of hydroxylamine groups is 2. The van der Waals surface area contributed by atoms with Crippen molar-refractivity contribution in [2.24, 2.45) is 95.9 Å². The Bertz CT molecular complexity index is 2080. The van der Waals surface area contributed by atoms with Gasteiger partial charge in [0.15, 0.2) is 5.78 Å². The summed E-state index contributed by atoms with van der Waals surface area (Å²) in [6.45, 7) is 8.90. The first-order chi connectivity index (χ1) is 33.3. The minimum absolute atomic E-state index is 0. The minimum atomic E-state index is -0.667. The highest BCUT2D eigenvalue weighted by molar-refractivity contribution is 9.10. The van der Waals surface area contributed by atoms with E-state index in [9.17, 15) is 19.8 Å². The number of carbonyl (C=O) groups is 2. The molecule has 10 rings (SSSR count). The molecule has 8 saturated carbocycles. The molecule has 16 atom stereocenters. The third kappa shape index (κ3) is 12.8. The van der Waals surface area contributed by atoms with Crippen molar-refractivity contribution in [2.75, 3.05) is 14.2 Å². The van der Waals surface area contributed by atoms with Crippen molar-refractivity contribution in [1.29, 1.82) is 0 Å². The fourth-order valence-corrected chi connectivity index (χ4v) is 17.6. The second-order valence-electron chi connectivity index (χ2n) is 25.1. The van der Waals surface area contributed by atoms with Crippen LogP contribution in [0.4, 0.5) is 0 Å². The van der Waals surface area contributed by atoms with Crippen LogP contribution < -0.4 is 0 Å². The molecule has 21 heteroatoms. The van der Waals surface area contributed by atoms with E-state index in [1.165, 1.54) is 82.1 Å². The van der Waals surface area contributed by atoms with Crippen LogP contribution in [0.5, 0.6) is 0 Å². The van der Waals surface area contributed by atoms with Gasteiger partial charge < -0.3 is 10.2 Å². The summed E-state index contributed by atoms with van der Waals surface area (Å²) >= 11 is 3.25. The number of rotatable bonds is 7. The molecule has 0 saturated heterocycles. The molecule has 378 valence electrons. The molecule has 8 aliphatic carbocycles. The second-order valence-corrected chi connectivity index (χ2v) is 26.0. The van der Waals surface area contributed by atoms with Crippen LogP contribution in [-0.4, -0.2) is 144 Å². The van der Waals surface area contributed by atoms with Crippen LogP contribution in [0.2, 0.25) is 0 Å². The van der Waals surface area contributed by atoms with E-state index in [0.717, 1.165) is 95.9 Å². The van der Waals surface area contributed by atoms with Crippen molar-refractivity contribution in [3.63, 3.8) is 0 Å². The Hall–Kier alpha value is -1.43. The highest BCUT2D eigenvalue weighted by Crippen LogP contribution is 2.66. The Labute approximate surface area is 453 Å². The number of carbonyl (C=O) groups excluding carboxylic acids is 2. The number of aliphatic hydroxyl groups is 2. The number of nitrogens with zero attached hydrogens (tertiary/aromatic N) is 5. The van der Waals surface area contributed by atoms with E-state index in [1.54, 1.807) is 35.9 Å². The van der Waals surface area contributed by atoms with Crippen LogP contribution >= 0.6 is 15.9 Å². The third-order valence-corrected chi connectivity index (χ3v) is 21.1. The third-order valence-electron chi connectivity index (χ3n) is 20.7. The number of fused-ring (bicyclic) bond motifs is 10. The zero-order chi connectivity index (χ0) is 52.0. The molecule has 2 aromatic rings. The molecular formula is C51H82B10BrN5O5. The van der Waals surface area contributed by atoms with E-state index < -0.39 is 36.7 Å². The molecule has 2 N–H and O–H groups in total. The van der Waals surface area contributed by atoms with Crippen LogP contribution in [0.1, 0.15) is 161 Å². The second kappa shape index (κ2) is 24.1. The molecule has 2 heterocycles. The van der Waals surface area contributed by atoms with Gasteiger partial charge >= 0.3 is 0 Å².